The molecule has 0 atom stereocenters. The topological polar surface area (TPSA) is 47.3 Å². The van der Waals surface area contributed by atoms with Crippen molar-refractivity contribution in [2.45, 2.75) is 27.2 Å². The van der Waals surface area contributed by atoms with Crippen molar-refractivity contribution in [1.29, 1.82) is 0 Å². The van der Waals surface area contributed by atoms with Crippen LogP contribution in [0.3, 0.4) is 0 Å². The summed E-state index contributed by atoms with van der Waals surface area (Å²) < 4.78 is 5.24. The summed E-state index contributed by atoms with van der Waals surface area (Å²) in [5, 5.41) is 3.07. The van der Waals surface area contributed by atoms with Crippen LogP contribution in [0.5, 0.6) is 5.75 Å². The predicted molar refractivity (Wildman–Crippen MR) is 66.4 cm³/mol. The molecular weight excluding hydrogens is 188 g/mol. The van der Waals surface area contributed by atoms with Crippen molar-refractivity contribution < 1.29 is 4.74 Å². The maximum absolute atomic E-state index is 5.30. The molecule has 1 rings (SSSR count). The molecule has 0 aliphatic carbocycles. The monoisotopic (exact) mass is 210 g/mol. The minimum atomic E-state index is 0.208. The zero-order valence-corrected chi connectivity index (χ0v) is 10.1. The number of ether oxygens (including phenoxy) is 1. The van der Waals surface area contributed by atoms with Gasteiger partial charge in [-0.1, -0.05) is 26.8 Å². The van der Waals surface area contributed by atoms with Gasteiger partial charge in [0.1, 0.15) is 12.5 Å². The Labute approximate surface area is 92.6 Å². The van der Waals surface area contributed by atoms with Gasteiger partial charge in [0.05, 0.1) is 5.69 Å². The largest absolute Gasteiger partial charge is 0.476 e. The Morgan fingerprint density at radius 2 is 2.00 bits per heavy atom. The van der Waals surface area contributed by atoms with Crippen LogP contribution in [0.2, 0.25) is 0 Å². The summed E-state index contributed by atoms with van der Waals surface area (Å²) in [7, 11) is 1.87. The van der Waals surface area contributed by atoms with Crippen molar-refractivity contribution >= 4 is 5.69 Å². The van der Waals surface area contributed by atoms with Crippen LogP contribution in [0, 0.1) is 0 Å². The van der Waals surface area contributed by atoms with Crippen LogP contribution < -0.4 is 15.8 Å². The Balaban J connectivity index is 0.000000921. The zero-order valence-electron chi connectivity index (χ0n) is 10.1. The third kappa shape index (κ3) is 4.21. The van der Waals surface area contributed by atoms with Gasteiger partial charge in [0, 0.05) is 7.05 Å². The van der Waals surface area contributed by atoms with Gasteiger partial charge < -0.3 is 10.1 Å². The highest BCUT2D eigenvalue weighted by atomic mass is 16.5. The Kier molecular flexibility index (Phi) is 7.46. The number of rotatable bonds is 4. The second-order valence-electron chi connectivity index (χ2n) is 2.75. The Bertz CT molecular complexity index is 274. The molecule has 0 bridgehead atoms. The third-order valence-corrected chi connectivity index (χ3v) is 1.96. The first-order chi connectivity index (χ1) is 7.31. The van der Waals surface area contributed by atoms with Gasteiger partial charge in [-0.25, -0.2) is 0 Å². The molecule has 15 heavy (non-hydrogen) atoms. The molecule has 0 amide bonds. The number of nitrogens with two attached hydrogens (primary N) is 1. The first-order valence-corrected chi connectivity index (χ1v) is 5.45. The molecule has 3 heteroatoms. The first kappa shape index (κ1) is 13.8. The fraction of sp³-hybridized carbons (Fsp3) is 0.500. The van der Waals surface area contributed by atoms with Crippen LogP contribution in [0.4, 0.5) is 5.69 Å². The molecule has 0 aliphatic rings. The van der Waals surface area contributed by atoms with Crippen LogP contribution in [0.15, 0.2) is 18.2 Å². The van der Waals surface area contributed by atoms with Gasteiger partial charge in [0.15, 0.2) is 0 Å². The van der Waals surface area contributed by atoms with E-state index in [1.54, 1.807) is 0 Å². The van der Waals surface area contributed by atoms with E-state index in [0.29, 0.717) is 0 Å². The van der Waals surface area contributed by atoms with Crippen molar-refractivity contribution in [2.24, 2.45) is 5.73 Å². The van der Waals surface area contributed by atoms with Gasteiger partial charge in [-0.15, -0.1) is 0 Å². The molecule has 0 aliphatic heterocycles. The van der Waals surface area contributed by atoms with Gasteiger partial charge in [-0.3, -0.25) is 5.73 Å². The standard InChI is InChI=1S/C10H16N2O.C2H6/c1-3-8-4-5-10(13-7-11)9(6-8)12-2;1-2/h4-6,12H,3,7,11H2,1-2H3;1-2H3. The summed E-state index contributed by atoms with van der Waals surface area (Å²) in [6.07, 6.45) is 1.03. The summed E-state index contributed by atoms with van der Waals surface area (Å²) in [6, 6.07) is 6.06. The number of hydrogen-bond acceptors (Lipinski definition) is 3. The number of nitrogens with one attached hydrogen (secondary N) is 1. The van der Waals surface area contributed by atoms with E-state index in [1.807, 2.05) is 33.0 Å². The highest BCUT2D eigenvalue weighted by Crippen LogP contribution is 2.25. The Hall–Kier alpha value is -1.22. The molecule has 0 heterocycles. The lowest BCUT2D eigenvalue weighted by Gasteiger charge is -2.10. The van der Waals surface area contributed by atoms with E-state index >= 15 is 0 Å². The molecule has 3 nitrogen and oxygen atoms in total. The molecule has 1 aromatic carbocycles. The number of anilines is 1. The van der Waals surface area contributed by atoms with Crippen LogP contribution in [-0.2, 0) is 6.42 Å². The Morgan fingerprint density at radius 3 is 2.47 bits per heavy atom. The molecule has 86 valence electrons. The lowest BCUT2D eigenvalue weighted by Crippen LogP contribution is -2.08. The second-order valence-corrected chi connectivity index (χ2v) is 2.75. The van der Waals surface area contributed by atoms with E-state index in [0.717, 1.165) is 17.9 Å². The van der Waals surface area contributed by atoms with Gasteiger partial charge in [0.2, 0.25) is 0 Å². The van der Waals surface area contributed by atoms with Crippen LogP contribution >= 0.6 is 0 Å². The molecule has 0 spiro atoms. The highest BCUT2D eigenvalue weighted by molar-refractivity contribution is 5.57. The van der Waals surface area contributed by atoms with Gasteiger partial charge in [0.25, 0.3) is 0 Å². The maximum Gasteiger partial charge on any atom is 0.144 e. The lowest BCUT2D eigenvalue weighted by molar-refractivity contribution is 0.331. The minimum absolute atomic E-state index is 0.208. The molecule has 3 N–H and O–H groups in total. The van der Waals surface area contributed by atoms with Crippen LogP contribution in [0.1, 0.15) is 26.3 Å². The normalized spacial score (nSPS) is 8.87. The minimum Gasteiger partial charge on any atom is -0.476 e. The summed E-state index contributed by atoms with van der Waals surface area (Å²) in [5.41, 5.74) is 7.58. The maximum atomic E-state index is 5.30. The second kappa shape index (κ2) is 8.12. The summed E-state index contributed by atoms with van der Waals surface area (Å²) in [5.74, 6) is 0.808. The van der Waals surface area contributed by atoms with Gasteiger partial charge in [-0.2, -0.15) is 0 Å². The number of benzene rings is 1. The van der Waals surface area contributed by atoms with E-state index in [9.17, 15) is 0 Å². The molecule has 0 saturated heterocycles. The molecule has 0 aromatic heterocycles. The number of aryl methyl sites for hydroxylation is 1. The van der Waals surface area contributed by atoms with Gasteiger partial charge >= 0.3 is 0 Å². The molecule has 0 fully saturated rings. The third-order valence-electron chi connectivity index (χ3n) is 1.96. The van der Waals surface area contributed by atoms with E-state index in [4.69, 9.17) is 10.5 Å². The fourth-order valence-electron chi connectivity index (χ4n) is 1.21. The lowest BCUT2D eigenvalue weighted by atomic mass is 10.1. The van der Waals surface area contributed by atoms with Crippen LogP contribution in [-0.4, -0.2) is 13.8 Å². The van der Waals surface area contributed by atoms with Crippen molar-refractivity contribution in [3.63, 3.8) is 0 Å². The molecule has 0 radical (unpaired) electrons. The molecular formula is C12H22N2O. The zero-order chi connectivity index (χ0) is 11.7. The molecule has 0 saturated carbocycles. The van der Waals surface area contributed by atoms with Crippen LogP contribution in [0.25, 0.3) is 0 Å². The average Bonchev–Trinajstić information content (AvgIpc) is 2.32. The van der Waals surface area contributed by atoms with E-state index < -0.39 is 0 Å². The summed E-state index contributed by atoms with van der Waals surface area (Å²) >= 11 is 0. The van der Waals surface area contributed by atoms with Crippen molar-refractivity contribution in [2.75, 3.05) is 19.1 Å². The highest BCUT2D eigenvalue weighted by Gasteiger charge is 2.01. The Morgan fingerprint density at radius 1 is 1.33 bits per heavy atom. The number of hydrogen-bond donors (Lipinski definition) is 2. The fourth-order valence-corrected chi connectivity index (χ4v) is 1.21. The molecule has 0 unspecified atom stereocenters. The smallest absolute Gasteiger partial charge is 0.144 e. The SMILES string of the molecule is CC.CCc1ccc(OCN)c(NC)c1. The van der Waals surface area contributed by atoms with Crippen molar-refractivity contribution in [3.05, 3.63) is 23.8 Å². The quantitative estimate of drug-likeness (QED) is 0.751. The van der Waals surface area contributed by atoms with Crippen molar-refractivity contribution in [1.82, 2.24) is 0 Å². The van der Waals surface area contributed by atoms with E-state index in [-0.39, 0.29) is 6.73 Å². The molecule has 1 aromatic rings. The van der Waals surface area contributed by atoms with Gasteiger partial charge in [-0.05, 0) is 24.1 Å². The van der Waals surface area contributed by atoms with E-state index in [2.05, 4.69) is 18.3 Å². The van der Waals surface area contributed by atoms with Crippen molar-refractivity contribution in [3.8, 4) is 5.75 Å². The predicted octanol–water partition coefficient (Wildman–Crippen LogP) is 2.61. The average molecular weight is 210 g/mol. The first-order valence-electron chi connectivity index (χ1n) is 5.45. The summed E-state index contributed by atoms with van der Waals surface area (Å²) in [6.45, 7) is 6.33. The summed E-state index contributed by atoms with van der Waals surface area (Å²) in [4.78, 5) is 0. The van der Waals surface area contributed by atoms with E-state index in [1.165, 1.54) is 5.56 Å².